The fraction of sp³-hybridized carbons (Fsp3) is 0.500. The van der Waals surface area contributed by atoms with E-state index in [4.69, 9.17) is 16.3 Å². The molecule has 0 fully saturated rings. The SMILES string of the molecule is CC(=O)C(C)(C)c1ccc(OC(C)C)c(Cl)c1. The molecule has 0 amide bonds. The Morgan fingerprint density at radius 2 is 1.94 bits per heavy atom. The van der Waals surface area contributed by atoms with Gasteiger partial charge in [0, 0.05) is 5.41 Å². The van der Waals surface area contributed by atoms with Gasteiger partial charge in [0.25, 0.3) is 0 Å². The maximum atomic E-state index is 11.6. The number of carbonyl (C=O) groups excluding carboxylic acids is 1. The van der Waals surface area contributed by atoms with Crippen LogP contribution in [0.3, 0.4) is 0 Å². The number of hydrogen-bond acceptors (Lipinski definition) is 2. The first kappa shape index (κ1) is 14.0. The van der Waals surface area contributed by atoms with E-state index in [1.165, 1.54) is 0 Å². The summed E-state index contributed by atoms with van der Waals surface area (Å²) >= 11 is 6.15. The maximum absolute atomic E-state index is 11.6. The molecule has 2 nitrogen and oxygen atoms in total. The topological polar surface area (TPSA) is 26.3 Å². The molecule has 3 heteroatoms. The van der Waals surface area contributed by atoms with Crippen molar-refractivity contribution in [2.75, 3.05) is 0 Å². The molecule has 0 heterocycles. The van der Waals surface area contributed by atoms with Gasteiger partial charge in [-0.15, -0.1) is 0 Å². The van der Waals surface area contributed by atoms with Gasteiger partial charge in [-0.3, -0.25) is 4.79 Å². The van der Waals surface area contributed by atoms with Gasteiger partial charge in [0.15, 0.2) is 0 Å². The van der Waals surface area contributed by atoms with Crippen LogP contribution in [-0.2, 0) is 10.2 Å². The maximum Gasteiger partial charge on any atom is 0.139 e. The molecule has 0 aliphatic heterocycles. The number of benzene rings is 1. The zero-order valence-corrected chi connectivity index (χ0v) is 11.8. The van der Waals surface area contributed by atoms with Gasteiger partial charge in [0.1, 0.15) is 11.5 Å². The van der Waals surface area contributed by atoms with E-state index in [9.17, 15) is 4.79 Å². The first-order chi connectivity index (χ1) is 7.75. The minimum atomic E-state index is -0.514. The van der Waals surface area contributed by atoms with Crippen molar-refractivity contribution in [3.05, 3.63) is 28.8 Å². The van der Waals surface area contributed by atoms with Gasteiger partial charge in [-0.05, 0) is 52.3 Å². The van der Waals surface area contributed by atoms with Crippen LogP contribution in [0.2, 0.25) is 5.02 Å². The molecule has 94 valence electrons. The predicted molar refractivity (Wildman–Crippen MR) is 70.9 cm³/mol. The van der Waals surface area contributed by atoms with Crippen molar-refractivity contribution < 1.29 is 9.53 Å². The highest BCUT2D eigenvalue weighted by molar-refractivity contribution is 6.32. The molecule has 0 atom stereocenters. The molecule has 17 heavy (non-hydrogen) atoms. The van der Waals surface area contributed by atoms with Crippen molar-refractivity contribution in [1.82, 2.24) is 0 Å². The molecule has 0 saturated carbocycles. The fourth-order valence-corrected chi connectivity index (χ4v) is 1.67. The van der Waals surface area contributed by atoms with Crippen LogP contribution in [-0.4, -0.2) is 11.9 Å². The molecule has 0 aliphatic carbocycles. The van der Waals surface area contributed by atoms with Crippen LogP contribution < -0.4 is 4.74 Å². The van der Waals surface area contributed by atoms with E-state index in [-0.39, 0.29) is 11.9 Å². The number of ether oxygens (including phenoxy) is 1. The summed E-state index contributed by atoms with van der Waals surface area (Å²) in [6, 6.07) is 5.52. The van der Waals surface area contributed by atoms with Gasteiger partial charge in [-0.2, -0.15) is 0 Å². The van der Waals surface area contributed by atoms with Crippen molar-refractivity contribution >= 4 is 17.4 Å². The van der Waals surface area contributed by atoms with E-state index in [2.05, 4.69) is 0 Å². The van der Waals surface area contributed by atoms with Crippen LogP contribution in [0, 0.1) is 0 Å². The second-order valence-electron chi connectivity index (χ2n) is 4.99. The standard InChI is InChI=1S/C14H19ClO2/c1-9(2)17-13-7-6-11(8-12(13)15)14(4,5)10(3)16/h6-9H,1-5H3. The summed E-state index contributed by atoms with van der Waals surface area (Å²) in [6.07, 6.45) is 0.0826. The lowest BCUT2D eigenvalue weighted by molar-refractivity contribution is -0.121. The van der Waals surface area contributed by atoms with Gasteiger partial charge in [0.2, 0.25) is 0 Å². The van der Waals surface area contributed by atoms with Gasteiger partial charge in [-0.1, -0.05) is 17.7 Å². The van der Waals surface area contributed by atoms with Crippen molar-refractivity contribution in [1.29, 1.82) is 0 Å². The summed E-state index contributed by atoms with van der Waals surface area (Å²) in [5.41, 5.74) is 0.395. The molecule has 0 unspecified atom stereocenters. The van der Waals surface area contributed by atoms with E-state index < -0.39 is 5.41 Å². The highest BCUT2D eigenvalue weighted by Gasteiger charge is 2.26. The van der Waals surface area contributed by atoms with Crippen LogP contribution in [0.25, 0.3) is 0 Å². The number of halogens is 1. The molecule has 1 rings (SSSR count). The first-order valence-electron chi connectivity index (χ1n) is 5.73. The molecular weight excluding hydrogens is 236 g/mol. The minimum absolute atomic E-state index is 0.0826. The Morgan fingerprint density at radius 1 is 1.35 bits per heavy atom. The summed E-state index contributed by atoms with van der Waals surface area (Å²) in [4.78, 5) is 11.6. The lowest BCUT2D eigenvalue weighted by atomic mass is 9.81. The number of ketones is 1. The largest absolute Gasteiger partial charge is 0.489 e. The predicted octanol–water partition coefficient (Wildman–Crippen LogP) is 3.99. The van der Waals surface area contributed by atoms with Gasteiger partial charge >= 0.3 is 0 Å². The first-order valence-corrected chi connectivity index (χ1v) is 6.10. The Hall–Kier alpha value is -1.02. The Labute approximate surface area is 108 Å². The average Bonchev–Trinajstić information content (AvgIpc) is 2.20. The molecule has 0 aromatic heterocycles. The van der Waals surface area contributed by atoms with Crippen LogP contribution in [0.5, 0.6) is 5.75 Å². The number of carbonyl (C=O) groups is 1. The summed E-state index contributed by atoms with van der Waals surface area (Å²) in [7, 11) is 0. The molecule has 1 aromatic carbocycles. The Balaban J connectivity index is 3.08. The normalized spacial score (nSPS) is 11.7. The second kappa shape index (κ2) is 5.09. The fourth-order valence-electron chi connectivity index (χ4n) is 1.44. The molecule has 0 saturated heterocycles. The summed E-state index contributed by atoms with van der Waals surface area (Å²) in [5.74, 6) is 0.774. The summed E-state index contributed by atoms with van der Waals surface area (Å²) < 4.78 is 5.56. The third kappa shape index (κ3) is 3.22. The molecule has 0 spiro atoms. The lowest BCUT2D eigenvalue weighted by Gasteiger charge is -2.22. The second-order valence-corrected chi connectivity index (χ2v) is 5.40. The van der Waals surface area contributed by atoms with Crippen molar-refractivity contribution in [3.8, 4) is 5.75 Å². The highest BCUT2D eigenvalue weighted by atomic mass is 35.5. The monoisotopic (exact) mass is 254 g/mol. The third-order valence-electron chi connectivity index (χ3n) is 2.90. The molecule has 0 bridgehead atoms. The molecular formula is C14H19ClO2. The number of rotatable bonds is 4. The van der Waals surface area contributed by atoms with Crippen molar-refractivity contribution in [2.45, 2.75) is 46.1 Å². The zero-order chi connectivity index (χ0) is 13.2. The Morgan fingerprint density at radius 3 is 2.35 bits per heavy atom. The molecule has 1 aromatic rings. The zero-order valence-electron chi connectivity index (χ0n) is 11.0. The molecule has 0 N–H and O–H groups in total. The summed E-state index contributed by atoms with van der Waals surface area (Å²) in [5, 5.41) is 0.547. The third-order valence-corrected chi connectivity index (χ3v) is 3.19. The Kier molecular flexibility index (Phi) is 4.21. The molecule has 0 aliphatic rings. The Bertz CT molecular complexity index is 422. The van der Waals surface area contributed by atoms with Gasteiger partial charge in [-0.25, -0.2) is 0 Å². The highest BCUT2D eigenvalue weighted by Crippen LogP contribution is 2.32. The van der Waals surface area contributed by atoms with Crippen LogP contribution >= 0.6 is 11.6 Å². The van der Waals surface area contributed by atoms with E-state index in [1.807, 2.05) is 39.8 Å². The van der Waals surface area contributed by atoms with E-state index in [0.29, 0.717) is 10.8 Å². The molecule has 0 radical (unpaired) electrons. The van der Waals surface area contributed by atoms with Gasteiger partial charge in [0.05, 0.1) is 11.1 Å². The number of hydrogen-bond donors (Lipinski definition) is 0. The minimum Gasteiger partial charge on any atom is -0.489 e. The van der Waals surface area contributed by atoms with Crippen LogP contribution in [0.4, 0.5) is 0 Å². The average molecular weight is 255 g/mol. The van der Waals surface area contributed by atoms with Gasteiger partial charge < -0.3 is 4.74 Å². The van der Waals surface area contributed by atoms with Crippen LogP contribution in [0.1, 0.15) is 40.2 Å². The summed E-state index contributed by atoms with van der Waals surface area (Å²) in [6.45, 7) is 9.27. The lowest BCUT2D eigenvalue weighted by Crippen LogP contribution is -2.26. The smallest absolute Gasteiger partial charge is 0.139 e. The number of Topliss-reactive ketones (excluding diaryl/α,β-unsaturated/α-hetero) is 1. The van der Waals surface area contributed by atoms with E-state index >= 15 is 0 Å². The van der Waals surface area contributed by atoms with E-state index in [1.54, 1.807) is 13.0 Å². The van der Waals surface area contributed by atoms with Crippen molar-refractivity contribution in [3.63, 3.8) is 0 Å². The van der Waals surface area contributed by atoms with Crippen molar-refractivity contribution in [2.24, 2.45) is 0 Å². The quantitative estimate of drug-likeness (QED) is 0.812. The van der Waals surface area contributed by atoms with E-state index in [0.717, 1.165) is 5.56 Å². The van der Waals surface area contributed by atoms with Crippen LogP contribution in [0.15, 0.2) is 18.2 Å².